The standard InChI is InChI=1S/C13H16Cl2N2O2.ClH/c1-9-7-16-4-5-17(9)13(18)8-19-12-6-10(14)2-3-11(12)15;/h2-3,6,9,16H,4-5,7-8H2,1H3;1H/t9-;/m0./s1. The van der Waals surface area contributed by atoms with Crippen molar-refractivity contribution in [2.45, 2.75) is 13.0 Å². The van der Waals surface area contributed by atoms with Gasteiger partial charge in [-0.05, 0) is 19.1 Å². The number of carbonyl (C=O) groups excluding carboxylic acids is 1. The molecule has 0 spiro atoms. The third-order valence-corrected chi connectivity index (χ3v) is 3.61. The summed E-state index contributed by atoms with van der Waals surface area (Å²) in [7, 11) is 0. The van der Waals surface area contributed by atoms with Crippen molar-refractivity contribution in [1.29, 1.82) is 0 Å². The van der Waals surface area contributed by atoms with Gasteiger partial charge in [-0.3, -0.25) is 4.79 Å². The molecule has 0 saturated carbocycles. The van der Waals surface area contributed by atoms with Crippen molar-refractivity contribution in [2.24, 2.45) is 0 Å². The van der Waals surface area contributed by atoms with Gasteiger partial charge in [-0.25, -0.2) is 0 Å². The van der Waals surface area contributed by atoms with Gasteiger partial charge in [-0.1, -0.05) is 23.2 Å². The highest BCUT2D eigenvalue weighted by Gasteiger charge is 2.23. The minimum atomic E-state index is -0.0370. The molecular weight excluding hydrogens is 323 g/mol. The fraction of sp³-hybridized carbons (Fsp3) is 0.462. The fourth-order valence-corrected chi connectivity index (χ4v) is 2.36. The molecule has 1 aromatic carbocycles. The van der Waals surface area contributed by atoms with Gasteiger partial charge in [-0.15, -0.1) is 12.4 Å². The van der Waals surface area contributed by atoms with Crippen LogP contribution in [0.4, 0.5) is 0 Å². The number of benzene rings is 1. The quantitative estimate of drug-likeness (QED) is 0.920. The van der Waals surface area contributed by atoms with Gasteiger partial charge in [0.05, 0.1) is 5.02 Å². The molecule has 20 heavy (non-hydrogen) atoms. The van der Waals surface area contributed by atoms with E-state index in [0.717, 1.165) is 13.1 Å². The summed E-state index contributed by atoms with van der Waals surface area (Å²) >= 11 is 11.8. The first kappa shape index (κ1) is 17.4. The van der Waals surface area contributed by atoms with Crippen LogP contribution in [0.25, 0.3) is 0 Å². The molecule has 1 heterocycles. The van der Waals surface area contributed by atoms with Crippen LogP contribution in [-0.2, 0) is 4.79 Å². The third-order valence-electron chi connectivity index (χ3n) is 3.07. The Bertz CT molecular complexity index is 471. The molecule has 1 aliphatic heterocycles. The first-order valence-electron chi connectivity index (χ1n) is 6.16. The highest BCUT2D eigenvalue weighted by Crippen LogP contribution is 2.27. The number of ether oxygens (including phenoxy) is 1. The second-order valence-electron chi connectivity index (χ2n) is 4.50. The number of hydrogen-bond donors (Lipinski definition) is 1. The van der Waals surface area contributed by atoms with E-state index in [2.05, 4.69) is 5.32 Å². The summed E-state index contributed by atoms with van der Waals surface area (Å²) in [4.78, 5) is 13.9. The van der Waals surface area contributed by atoms with Crippen LogP contribution >= 0.6 is 35.6 Å². The number of rotatable bonds is 3. The number of nitrogens with one attached hydrogen (secondary N) is 1. The Morgan fingerprint density at radius 2 is 2.25 bits per heavy atom. The summed E-state index contributed by atoms with van der Waals surface area (Å²) < 4.78 is 5.45. The average molecular weight is 340 g/mol. The molecule has 7 heteroatoms. The Hall–Kier alpha value is -0.680. The highest BCUT2D eigenvalue weighted by atomic mass is 35.5. The zero-order valence-corrected chi connectivity index (χ0v) is 13.4. The largest absolute Gasteiger partial charge is 0.482 e. The van der Waals surface area contributed by atoms with E-state index in [0.29, 0.717) is 22.3 Å². The number of carbonyl (C=O) groups is 1. The summed E-state index contributed by atoms with van der Waals surface area (Å²) in [5.74, 6) is 0.398. The first-order chi connectivity index (χ1) is 9.08. The van der Waals surface area contributed by atoms with Gasteiger partial charge in [-0.2, -0.15) is 0 Å². The molecule has 1 aromatic rings. The molecule has 0 aliphatic carbocycles. The fourth-order valence-electron chi connectivity index (χ4n) is 2.02. The van der Waals surface area contributed by atoms with E-state index in [-0.39, 0.29) is 31.0 Å². The molecule has 1 atom stereocenters. The van der Waals surface area contributed by atoms with E-state index >= 15 is 0 Å². The molecule has 112 valence electrons. The Kier molecular flexibility index (Phi) is 6.89. The number of amides is 1. The van der Waals surface area contributed by atoms with Crippen molar-refractivity contribution in [1.82, 2.24) is 10.2 Å². The lowest BCUT2D eigenvalue weighted by Gasteiger charge is -2.33. The highest BCUT2D eigenvalue weighted by molar-refractivity contribution is 6.34. The van der Waals surface area contributed by atoms with Crippen molar-refractivity contribution in [2.75, 3.05) is 26.2 Å². The van der Waals surface area contributed by atoms with Crippen LogP contribution in [0.3, 0.4) is 0 Å². The van der Waals surface area contributed by atoms with E-state index in [1.165, 1.54) is 0 Å². The molecule has 1 amide bonds. The molecule has 1 N–H and O–H groups in total. The van der Waals surface area contributed by atoms with Crippen molar-refractivity contribution in [3.63, 3.8) is 0 Å². The summed E-state index contributed by atoms with van der Waals surface area (Å²) in [6.45, 7) is 4.31. The van der Waals surface area contributed by atoms with Crippen molar-refractivity contribution in [3.05, 3.63) is 28.2 Å². The predicted octanol–water partition coefficient (Wildman–Crippen LogP) is 2.61. The second kappa shape index (κ2) is 7.93. The van der Waals surface area contributed by atoms with Crippen LogP contribution in [0.5, 0.6) is 5.75 Å². The summed E-state index contributed by atoms with van der Waals surface area (Å²) in [6, 6.07) is 5.12. The van der Waals surface area contributed by atoms with Gasteiger partial charge in [0.15, 0.2) is 6.61 Å². The second-order valence-corrected chi connectivity index (χ2v) is 5.35. The van der Waals surface area contributed by atoms with Crippen LogP contribution in [0.2, 0.25) is 10.0 Å². The molecule has 2 rings (SSSR count). The SMILES string of the molecule is C[C@H]1CNCCN1C(=O)COc1cc(Cl)ccc1Cl.Cl. The minimum absolute atomic E-state index is 0. The van der Waals surface area contributed by atoms with Crippen LogP contribution in [-0.4, -0.2) is 43.1 Å². The maximum Gasteiger partial charge on any atom is 0.260 e. The molecule has 1 fully saturated rings. The van der Waals surface area contributed by atoms with Gasteiger partial charge < -0.3 is 15.0 Å². The van der Waals surface area contributed by atoms with Crippen molar-refractivity contribution >= 4 is 41.5 Å². The molecule has 0 radical (unpaired) electrons. The first-order valence-corrected chi connectivity index (χ1v) is 6.91. The lowest BCUT2D eigenvalue weighted by Crippen LogP contribution is -2.53. The molecule has 0 aromatic heterocycles. The molecular formula is C13H17Cl3N2O2. The van der Waals surface area contributed by atoms with Gasteiger partial charge in [0.2, 0.25) is 0 Å². The molecule has 1 aliphatic rings. The van der Waals surface area contributed by atoms with E-state index in [9.17, 15) is 4.79 Å². The van der Waals surface area contributed by atoms with E-state index in [1.54, 1.807) is 18.2 Å². The van der Waals surface area contributed by atoms with Gasteiger partial charge in [0.25, 0.3) is 5.91 Å². The minimum Gasteiger partial charge on any atom is -0.482 e. The average Bonchev–Trinajstić information content (AvgIpc) is 2.40. The number of nitrogens with zero attached hydrogens (tertiary/aromatic N) is 1. The zero-order chi connectivity index (χ0) is 13.8. The lowest BCUT2D eigenvalue weighted by atomic mass is 10.2. The van der Waals surface area contributed by atoms with E-state index in [1.807, 2.05) is 11.8 Å². The molecule has 0 bridgehead atoms. The van der Waals surface area contributed by atoms with Crippen molar-refractivity contribution in [3.8, 4) is 5.75 Å². The zero-order valence-electron chi connectivity index (χ0n) is 11.1. The topological polar surface area (TPSA) is 41.6 Å². The molecule has 4 nitrogen and oxygen atoms in total. The van der Waals surface area contributed by atoms with E-state index in [4.69, 9.17) is 27.9 Å². The smallest absolute Gasteiger partial charge is 0.260 e. The number of hydrogen-bond acceptors (Lipinski definition) is 3. The van der Waals surface area contributed by atoms with Crippen LogP contribution in [0.1, 0.15) is 6.92 Å². The molecule has 1 saturated heterocycles. The number of halogens is 3. The van der Waals surface area contributed by atoms with Gasteiger partial charge in [0.1, 0.15) is 5.75 Å². The Balaban J connectivity index is 0.00000200. The Morgan fingerprint density at radius 3 is 2.95 bits per heavy atom. The summed E-state index contributed by atoms with van der Waals surface area (Å²) in [6.07, 6.45) is 0. The predicted molar refractivity (Wildman–Crippen MR) is 83.2 cm³/mol. The summed E-state index contributed by atoms with van der Waals surface area (Å²) in [5, 5.41) is 4.22. The van der Waals surface area contributed by atoms with Crippen molar-refractivity contribution < 1.29 is 9.53 Å². The van der Waals surface area contributed by atoms with Gasteiger partial charge in [0, 0.05) is 36.8 Å². The van der Waals surface area contributed by atoms with Gasteiger partial charge >= 0.3 is 0 Å². The number of piperazine rings is 1. The van der Waals surface area contributed by atoms with E-state index < -0.39 is 0 Å². The maximum atomic E-state index is 12.1. The monoisotopic (exact) mass is 338 g/mol. The Morgan fingerprint density at radius 1 is 1.50 bits per heavy atom. The molecule has 0 unspecified atom stereocenters. The summed E-state index contributed by atoms with van der Waals surface area (Å²) in [5.41, 5.74) is 0. The normalized spacial score (nSPS) is 18.4. The van der Waals surface area contributed by atoms with Crippen LogP contribution in [0.15, 0.2) is 18.2 Å². The lowest BCUT2D eigenvalue weighted by molar-refractivity contribution is -0.136. The van der Waals surface area contributed by atoms with Crippen LogP contribution in [0, 0.1) is 0 Å². The third kappa shape index (κ3) is 4.42. The van der Waals surface area contributed by atoms with Crippen LogP contribution < -0.4 is 10.1 Å². The maximum absolute atomic E-state index is 12.1. The Labute approximate surface area is 134 Å².